The molecule has 0 N–H and O–H groups in total. The number of halogens is 1. The van der Waals surface area contributed by atoms with Crippen LogP contribution in [0.15, 0.2) is 24.3 Å². The van der Waals surface area contributed by atoms with Crippen molar-refractivity contribution in [3.63, 3.8) is 0 Å². The highest BCUT2D eigenvalue weighted by Gasteiger charge is 2.50. The van der Waals surface area contributed by atoms with E-state index in [9.17, 15) is 0 Å². The van der Waals surface area contributed by atoms with Crippen molar-refractivity contribution in [3.8, 4) is 0 Å². The summed E-state index contributed by atoms with van der Waals surface area (Å²) in [6.07, 6.45) is 3.26. The molecular formula is C14H17ClO2. The summed E-state index contributed by atoms with van der Waals surface area (Å²) in [7, 11) is 0. The Kier molecular flexibility index (Phi) is 2.69. The molecule has 3 aliphatic heterocycles. The third kappa shape index (κ3) is 1.79. The minimum Gasteiger partial charge on any atom is -0.345 e. The van der Waals surface area contributed by atoms with E-state index in [-0.39, 0.29) is 5.41 Å². The SMILES string of the molecule is CCC12CCC(c3ccc(Cl)cc3)(OC1)OC2. The fraction of sp³-hybridized carbons (Fsp3) is 0.571. The summed E-state index contributed by atoms with van der Waals surface area (Å²) in [4.78, 5) is 0. The predicted molar refractivity (Wildman–Crippen MR) is 67.0 cm³/mol. The molecule has 92 valence electrons. The smallest absolute Gasteiger partial charge is 0.194 e. The molecule has 2 bridgehead atoms. The van der Waals surface area contributed by atoms with E-state index in [0.717, 1.165) is 36.6 Å². The van der Waals surface area contributed by atoms with Crippen molar-refractivity contribution in [2.45, 2.75) is 32.0 Å². The molecule has 3 heteroatoms. The van der Waals surface area contributed by atoms with E-state index in [4.69, 9.17) is 21.1 Å². The first-order chi connectivity index (χ1) is 8.18. The van der Waals surface area contributed by atoms with Crippen LogP contribution in [0.3, 0.4) is 0 Å². The first-order valence-corrected chi connectivity index (χ1v) is 6.60. The highest BCUT2D eigenvalue weighted by molar-refractivity contribution is 6.30. The monoisotopic (exact) mass is 252 g/mol. The zero-order valence-corrected chi connectivity index (χ0v) is 10.8. The molecule has 0 radical (unpaired) electrons. The van der Waals surface area contributed by atoms with Gasteiger partial charge in [-0.2, -0.15) is 0 Å². The summed E-state index contributed by atoms with van der Waals surface area (Å²) < 4.78 is 12.0. The van der Waals surface area contributed by atoms with Crippen molar-refractivity contribution < 1.29 is 9.47 Å². The molecular weight excluding hydrogens is 236 g/mol. The average Bonchev–Trinajstić information content (AvgIpc) is 2.41. The fourth-order valence-electron chi connectivity index (χ4n) is 2.74. The molecule has 3 saturated heterocycles. The summed E-state index contributed by atoms with van der Waals surface area (Å²) in [5, 5.41) is 0.750. The average molecular weight is 253 g/mol. The van der Waals surface area contributed by atoms with Crippen molar-refractivity contribution in [3.05, 3.63) is 34.9 Å². The molecule has 0 amide bonds. The van der Waals surface area contributed by atoms with Crippen molar-refractivity contribution in [2.75, 3.05) is 13.2 Å². The minimum absolute atomic E-state index is 0.258. The van der Waals surface area contributed by atoms with Crippen LogP contribution in [0.4, 0.5) is 0 Å². The van der Waals surface area contributed by atoms with Gasteiger partial charge in [-0.05, 0) is 25.0 Å². The van der Waals surface area contributed by atoms with Gasteiger partial charge >= 0.3 is 0 Å². The Morgan fingerprint density at radius 1 is 1.12 bits per heavy atom. The van der Waals surface area contributed by atoms with Crippen molar-refractivity contribution in [2.24, 2.45) is 5.41 Å². The van der Waals surface area contributed by atoms with E-state index in [2.05, 4.69) is 6.92 Å². The van der Waals surface area contributed by atoms with Crippen LogP contribution in [0.5, 0.6) is 0 Å². The molecule has 1 aromatic carbocycles. The van der Waals surface area contributed by atoms with Gasteiger partial charge in [-0.15, -0.1) is 0 Å². The molecule has 0 unspecified atom stereocenters. The van der Waals surface area contributed by atoms with Crippen LogP contribution < -0.4 is 0 Å². The van der Waals surface area contributed by atoms with Gasteiger partial charge in [0.1, 0.15) is 0 Å². The van der Waals surface area contributed by atoms with E-state index in [1.54, 1.807) is 0 Å². The number of fused-ring (bicyclic) bond motifs is 3. The molecule has 0 aromatic heterocycles. The van der Waals surface area contributed by atoms with Crippen LogP contribution in [0.2, 0.25) is 5.02 Å². The molecule has 3 aliphatic rings. The second kappa shape index (κ2) is 3.98. The largest absolute Gasteiger partial charge is 0.345 e. The summed E-state index contributed by atoms with van der Waals surface area (Å²) in [5.74, 6) is -0.512. The highest BCUT2D eigenvalue weighted by atomic mass is 35.5. The summed E-state index contributed by atoms with van der Waals surface area (Å²) in [6, 6.07) is 7.81. The first-order valence-electron chi connectivity index (χ1n) is 6.22. The number of rotatable bonds is 2. The zero-order chi connectivity index (χ0) is 11.9. The Bertz CT molecular complexity index is 388. The molecule has 0 spiro atoms. The van der Waals surface area contributed by atoms with Gasteiger partial charge in [0, 0.05) is 22.4 Å². The number of benzene rings is 1. The third-order valence-corrected chi connectivity index (χ3v) is 4.49. The highest BCUT2D eigenvalue weighted by Crippen LogP contribution is 2.50. The van der Waals surface area contributed by atoms with Gasteiger partial charge < -0.3 is 9.47 Å². The van der Waals surface area contributed by atoms with Crippen LogP contribution in [-0.4, -0.2) is 13.2 Å². The van der Waals surface area contributed by atoms with Gasteiger partial charge in [0.25, 0.3) is 0 Å². The number of ether oxygens (including phenoxy) is 2. The third-order valence-electron chi connectivity index (χ3n) is 4.24. The van der Waals surface area contributed by atoms with E-state index < -0.39 is 5.79 Å². The van der Waals surface area contributed by atoms with Crippen molar-refractivity contribution in [1.82, 2.24) is 0 Å². The Hall–Kier alpha value is -0.570. The topological polar surface area (TPSA) is 18.5 Å². The summed E-state index contributed by atoms with van der Waals surface area (Å²) >= 11 is 5.91. The van der Waals surface area contributed by atoms with Gasteiger partial charge in [0.05, 0.1) is 13.2 Å². The Morgan fingerprint density at radius 2 is 1.76 bits per heavy atom. The lowest BCUT2D eigenvalue weighted by Gasteiger charge is -2.52. The van der Waals surface area contributed by atoms with Crippen LogP contribution in [-0.2, 0) is 15.3 Å². The van der Waals surface area contributed by atoms with E-state index >= 15 is 0 Å². The number of hydrogen-bond acceptors (Lipinski definition) is 2. The van der Waals surface area contributed by atoms with Crippen LogP contribution in [0, 0.1) is 5.41 Å². The van der Waals surface area contributed by atoms with Gasteiger partial charge in [-0.3, -0.25) is 0 Å². The standard InChI is InChI=1S/C14H17ClO2/c1-2-13-7-8-14(16-9-13,17-10-13)11-3-5-12(15)6-4-11/h3-6H,2,7-10H2,1H3. The predicted octanol–water partition coefficient (Wildman–Crippen LogP) is 3.73. The molecule has 2 nitrogen and oxygen atoms in total. The number of hydrogen-bond donors (Lipinski definition) is 0. The lowest BCUT2D eigenvalue weighted by atomic mass is 9.75. The second-order valence-corrected chi connectivity index (χ2v) is 5.63. The van der Waals surface area contributed by atoms with Crippen molar-refractivity contribution in [1.29, 1.82) is 0 Å². The van der Waals surface area contributed by atoms with Gasteiger partial charge in [-0.1, -0.05) is 30.7 Å². The van der Waals surface area contributed by atoms with Gasteiger partial charge in [0.2, 0.25) is 0 Å². The Balaban J connectivity index is 1.88. The molecule has 1 aromatic rings. The molecule has 0 saturated carbocycles. The molecule has 0 aliphatic carbocycles. The van der Waals surface area contributed by atoms with Gasteiger partial charge in [0.15, 0.2) is 5.79 Å². The lowest BCUT2D eigenvalue weighted by molar-refractivity contribution is -0.350. The van der Waals surface area contributed by atoms with E-state index in [1.165, 1.54) is 6.42 Å². The maximum Gasteiger partial charge on any atom is 0.194 e. The fourth-order valence-corrected chi connectivity index (χ4v) is 2.86. The Labute approximate surface area is 107 Å². The first kappa shape index (κ1) is 11.5. The van der Waals surface area contributed by atoms with Crippen LogP contribution in [0.25, 0.3) is 0 Å². The Morgan fingerprint density at radius 3 is 2.24 bits per heavy atom. The molecule has 17 heavy (non-hydrogen) atoms. The molecule has 0 atom stereocenters. The van der Waals surface area contributed by atoms with E-state index in [1.807, 2.05) is 24.3 Å². The maximum atomic E-state index is 6.02. The van der Waals surface area contributed by atoms with Crippen molar-refractivity contribution >= 4 is 11.6 Å². The molecule has 3 fully saturated rings. The maximum absolute atomic E-state index is 6.02. The van der Waals surface area contributed by atoms with E-state index in [0.29, 0.717) is 0 Å². The quantitative estimate of drug-likeness (QED) is 0.799. The lowest BCUT2D eigenvalue weighted by Crippen LogP contribution is -2.53. The summed E-state index contributed by atoms with van der Waals surface area (Å²) in [6.45, 7) is 3.84. The normalized spacial score (nSPS) is 36.1. The zero-order valence-electron chi connectivity index (χ0n) is 10.0. The minimum atomic E-state index is -0.512. The molecule has 4 rings (SSSR count). The summed E-state index contributed by atoms with van der Waals surface area (Å²) in [5.41, 5.74) is 1.35. The molecule has 3 heterocycles. The van der Waals surface area contributed by atoms with Gasteiger partial charge in [-0.25, -0.2) is 0 Å². The van der Waals surface area contributed by atoms with Crippen LogP contribution >= 0.6 is 11.6 Å². The second-order valence-electron chi connectivity index (χ2n) is 5.19. The van der Waals surface area contributed by atoms with Crippen LogP contribution in [0.1, 0.15) is 31.7 Å².